The maximum absolute atomic E-state index is 13.5. The lowest BCUT2D eigenvalue weighted by Crippen LogP contribution is -2.33. The first kappa shape index (κ1) is 33.6. The summed E-state index contributed by atoms with van der Waals surface area (Å²) in [6.07, 6.45) is 0.133. The van der Waals surface area contributed by atoms with Gasteiger partial charge in [0.15, 0.2) is 5.69 Å². The molecule has 0 fully saturated rings. The number of hydrogen-bond donors (Lipinski definition) is 1. The Labute approximate surface area is 268 Å². The fourth-order valence-electron chi connectivity index (χ4n) is 5.08. The van der Waals surface area contributed by atoms with Crippen LogP contribution in [0, 0.1) is 0 Å². The smallest absolute Gasteiger partial charge is 0.409 e. The molecule has 11 heteroatoms. The van der Waals surface area contributed by atoms with Gasteiger partial charge in [0.1, 0.15) is 18.1 Å². The first-order valence-electron chi connectivity index (χ1n) is 14.9. The van der Waals surface area contributed by atoms with E-state index in [9.17, 15) is 19.5 Å². The van der Waals surface area contributed by atoms with Gasteiger partial charge in [0.2, 0.25) is 0 Å². The second-order valence-electron chi connectivity index (χ2n) is 11.1. The zero-order valence-corrected chi connectivity index (χ0v) is 27.0. The summed E-state index contributed by atoms with van der Waals surface area (Å²) in [6.45, 7) is 5.03. The molecule has 11 nitrogen and oxygen atoms in total. The highest BCUT2D eigenvalue weighted by molar-refractivity contribution is 5.95. The van der Waals surface area contributed by atoms with Crippen molar-refractivity contribution in [2.75, 3.05) is 41.4 Å². The van der Waals surface area contributed by atoms with E-state index in [1.165, 1.54) is 25.2 Å². The summed E-state index contributed by atoms with van der Waals surface area (Å²) in [5, 5.41) is 14.2. The molecule has 1 aromatic heterocycles. The molecule has 0 aliphatic carbocycles. The third-order valence-electron chi connectivity index (χ3n) is 7.59. The Morgan fingerprint density at radius 2 is 1.52 bits per heavy atom. The second-order valence-corrected chi connectivity index (χ2v) is 11.1. The summed E-state index contributed by atoms with van der Waals surface area (Å²) in [4.78, 5) is 41.0. The number of benzene rings is 3. The Hall–Kier alpha value is -5.32. The van der Waals surface area contributed by atoms with Gasteiger partial charge in [-0.3, -0.25) is 4.79 Å². The van der Waals surface area contributed by atoms with Crippen LogP contribution in [0.15, 0.2) is 72.8 Å². The zero-order chi connectivity index (χ0) is 33.4. The van der Waals surface area contributed by atoms with E-state index in [0.29, 0.717) is 53.5 Å². The third-order valence-corrected chi connectivity index (χ3v) is 7.59. The number of ether oxygens (including phenoxy) is 3. The summed E-state index contributed by atoms with van der Waals surface area (Å²) >= 11 is 0. The van der Waals surface area contributed by atoms with Gasteiger partial charge in [-0.1, -0.05) is 50.2 Å². The molecule has 2 amide bonds. The number of carboxylic acid groups (broad SMARTS) is 1. The highest BCUT2D eigenvalue weighted by atomic mass is 16.6. The van der Waals surface area contributed by atoms with Crippen LogP contribution in [0.25, 0.3) is 16.9 Å². The molecule has 46 heavy (non-hydrogen) atoms. The molecule has 4 aromatic rings. The molecule has 0 radical (unpaired) electrons. The van der Waals surface area contributed by atoms with Gasteiger partial charge in [-0.05, 0) is 59.9 Å². The number of nitrogens with zero attached hydrogens (tertiary/aromatic N) is 4. The zero-order valence-electron chi connectivity index (χ0n) is 27.0. The first-order chi connectivity index (χ1) is 22.0. The normalized spacial score (nSPS) is 10.8. The van der Waals surface area contributed by atoms with E-state index < -0.39 is 12.1 Å². The summed E-state index contributed by atoms with van der Waals surface area (Å²) in [5.41, 5.74) is 3.69. The number of aromatic carboxylic acids is 1. The topological polar surface area (TPSA) is 123 Å². The molecule has 242 valence electrons. The van der Waals surface area contributed by atoms with Crippen molar-refractivity contribution in [1.82, 2.24) is 19.6 Å². The molecular formula is C35H40N4O7. The molecule has 0 saturated carbocycles. The fraction of sp³-hybridized carbons (Fsp3) is 0.314. The Bertz CT molecular complexity index is 1660. The lowest BCUT2D eigenvalue weighted by molar-refractivity contribution is 0.0689. The van der Waals surface area contributed by atoms with Crippen LogP contribution < -0.4 is 9.47 Å². The fourth-order valence-corrected chi connectivity index (χ4v) is 5.08. The van der Waals surface area contributed by atoms with Crippen LogP contribution in [0.4, 0.5) is 4.79 Å². The van der Waals surface area contributed by atoms with E-state index in [4.69, 9.17) is 14.2 Å². The standard InChI is InChI=1S/C35H40N4O7/c1-23(2)26-20-25(33(40)37(3)18-11-19-38(4)35(43)46-22-24-12-8-7-9-13-24)16-17-28(26)39-29(21-27(36-39)34(41)42)32-30(44-5)14-10-15-31(32)45-6/h7-10,12-17,20-21,23H,11,18-19,22H2,1-6H3,(H,41,42). The van der Waals surface area contributed by atoms with Crippen LogP contribution in [-0.2, 0) is 11.3 Å². The van der Waals surface area contributed by atoms with Crippen LogP contribution in [0.2, 0.25) is 0 Å². The van der Waals surface area contributed by atoms with Crippen molar-refractivity contribution in [2.45, 2.75) is 32.8 Å². The molecule has 0 atom stereocenters. The lowest BCUT2D eigenvalue weighted by atomic mass is 9.97. The number of carbonyl (C=O) groups excluding carboxylic acids is 2. The average molecular weight is 629 g/mol. The number of aromatic nitrogens is 2. The molecule has 3 aromatic carbocycles. The highest BCUT2D eigenvalue weighted by Gasteiger charge is 2.25. The SMILES string of the molecule is COc1cccc(OC)c1-c1cc(C(=O)O)nn1-c1ccc(C(=O)N(C)CCCN(C)C(=O)OCc2ccccc2)cc1C(C)C. The van der Waals surface area contributed by atoms with E-state index >= 15 is 0 Å². The van der Waals surface area contributed by atoms with Crippen LogP contribution in [0.3, 0.4) is 0 Å². The van der Waals surface area contributed by atoms with Gasteiger partial charge in [0.25, 0.3) is 5.91 Å². The van der Waals surface area contributed by atoms with Gasteiger partial charge in [0.05, 0.1) is 31.2 Å². The van der Waals surface area contributed by atoms with Crippen LogP contribution in [0.5, 0.6) is 11.5 Å². The Kier molecular flexibility index (Phi) is 11.0. The van der Waals surface area contributed by atoms with Crippen LogP contribution in [0.1, 0.15) is 58.2 Å². The van der Waals surface area contributed by atoms with Gasteiger partial charge < -0.3 is 29.1 Å². The number of methoxy groups -OCH3 is 2. The number of carbonyl (C=O) groups is 3. The van der Waals surface area contributed by atoms with Crippen molar-refractivity contribution in [1.29, 1.82) is 0 Å². The minimum atomic E-state index is -1.18. The van der Waals surface area contributed by atoms with Crippen molar-refractivity contribution < 1.29 is 33.7 Å². The predicted octanol–water partition coefficient (Wildman–Crippen LogP) is 6.11. The molecular weight excluding hydrogens is 588 g/mol. The predicted molar refractivity (Wildman–Crippen MR) is 174 cm³/mol. The van der Waals surface area contributed by atoms with Crippen molar-refractivity contribution >= 4 is 18.0 Å². The first-order valence-corrected chi connectivity index (χ1v) is 14.9. The number of carboxylic acids is 1. The van der Waals surface area contributed by atoms with E-state index in [1.54, 1.807) is 54.0 Å². The molecule has 0 aliphatic rings. The number of hydrogen-bond acceptors (Lipinski definition) is 7. The summed E-state index contributed by atoms with van der Waals surface area (Å²) in [7, 11) is 6.45. The molecule has 1 heterocycles. The van der Waals surface area contributed by atoms with Crippen molar-refractivity contribution in [3.05, 3.63) is 95.2 Å². The quantitative estimate of drug-likeness (QED) is 0.188. The Morgan fingerprint density at radius 1 is 0.870 bits per heavy atom. The van der Waals surface area contributed by atoms with Gasteiger partial charge in [-0.25, -0.2) is 14.3 Å². The maximum Gasteiger partial charge on any atom is 0.409 e. The molecule has 0 unspecified atom stereocenters. The second kappa shape index (κ2) is 15.1. The highest BCUT2D eigenvalue weighted by Crippen LogP contribution is 2.40. The minimum Gasteiger partial charge on any atom is -0.496 e. The van der Waals surface area contributed by atoms with Crippen LogP contribution >= 0.6 is 0 Å². The summed E-state index contributed by atoms with van der Waals surface area (Å²) in [5.74, 6) is -0.405. The van der Waals surface area contributed by atoms with E-state index in [1.807, 2.05) is 50.2 Å². The minimum absolute atomic E-state index is 0.0338. The lowest BCUT2D eigenvalue weighted by Gasteiger charge is -2.22. The largest absolute Gasteiger partial charge is 0.496 e. The molecule has 4 rings (SSSR count). The Morgan fingerprint density at radius 3 is 2.13 bits per heavy atom. The average Bonchev–Trinajstić information content (AvgIpc) is 3.51. The monoisotopic (exact) mass is 628 g/mol. The van der Waals surface area contributed by atoms with Crippen molar-refractivity contribution in [2.24, 2.45) is 0 Å². The van der Waals surface area contributed by atoms with Gasteiger partial charge >= 0.3 is 12.1 Å². The van der Waals surface area contributed by atoms with Crippen LogP contribution in [-0.4, -0.2) is 84.1 Å². The van der Waals surface area contributed by atoms with Gasteiger partial charge in [-0.2, -0.15) is 5.10 Å². The van der Waals surface area contributed by atoms with Gasteiger partial charge in [-0.15, -0.1) is 0 Å². The van der Waals surface area contributed by atoms with E-state index in [0.717, 1.165) is 11.1 Å². The van der Waals surface area contributed by atoms with Crippen molar-refractivity contribution in [3.63, 3.8) is 0 Å². The maximum atomic E-state index is 13.5. The van der Waals surface area contributed by atoms with E-state index in [2.05, 4.69) is 5.10 Å². The van der Waals surface area contributed by atoms with E-state index in [-0.39, 0.29) is 24.1 Å². The number of amides is 2. The molecule has 1 N–H and O–H groups in total. The molecule has 0 saturated heterocycles. The van der Waals surface area contributed by atoms with Gasteiger partial charge in [0, 0.05) is 32.7 Å². The molecule has 0 spiro atoms. The number of rotatable bonds is 13. The van der Waals surface area contributed by atoms with Crippen molar-refractivity contribution in [3.8, 4) is 28.4 Å². The molecule has 0 bridgehead atoms. The summed E-state index contributed by atoms with van der Waals surface area (Å²) in [6, 6.07) is 21.6. The summed E-state index contributed by atoms with van der Waals surface area (Å²) < 4.78 is 18.1. The third kappa shape index (κ3) is 7.66. The Balaban J connectivity index is 1.53. The molecule has 0 aliphatic heterocycles.